The Hall–Kier alpha value is -2.30. The molecule has 94 valence electrons. The molecule has 1 aromatic heterocycles. The van der Waals surface area contributed by atoms with Crippen LogP contribution in [-0.4, -0.2) is 15.7 Å². The Balaban J connectivity index is 2.24. The lowest BCUT2D eigenvalue weighted by molar-refractivity contribution is 0.102. The molecule has 0 spiro atoms. The predicted octanol–water partition coefficient (Wildman–Crippen LogP) is 1.87. The number of amides is 1. The average molecular weight is 244 g/mol. The second kappa shape index (κ2) is 4.52. The first-order valence-corrected chi connectivity index (χ1v) is 5.64. The number of hydrogen-bond acceptors (Lipinski definition) is 3. The molecule has 0 aliphatic heterocycles. The lowest BCUT2D eigenvalue weighted by Crippen LogP contribution is -2.12. The number of rotatable bonds is 2. The quantitative estimate of drug-likeness (QED) is 0.792. The topological polar surface area (TPSA) is 72.9 Å². The number of hydrogen-bond donors (Lipinski definition) is 2. The fourth-order valence-electron chi connectivity index (χ4n) is 1.86. The minimum atomic E-state index is -0.179. The highest BCUT2D eigenvalue weighted by molar-refractivity contribution is 6.05. The molecule has 2 aromatic rings. The van der Waals surface area contributed by atoms with Crippen LogP contribution < -0.4 is 11.1 Å². The van der Waals surface area contributed by atoms with Crippen LogP contribution in [0.25, 0.3) is 0 Å². The summed E-state index contributed by atoms with van der Waals surface area (Å²) in [5, 5.41) is 6.99. The van der Waals surface area contributed by atoms with E-state index in [9.17, 15) is 4.79 Å². The van der Waals surface area contributed by atoms with Gasteiger partial charge in [0.25, 0.3) is 5.91 Å². The van der Waals surface area contributed by atoms with Crippen LogP contribution in [0.5, 0.6) is 0 Å². The number of anilines is 2. The molecule has 0 atom stereocenters. The number of nitrogens with zero attached hydrogens (tertiary/aromatic N) is 2. The zero-order valence-electron chi connectivity index (χ0n) is 10.7. The van der Waals surface area contributed by atoms with Gasteiger partial charge in [0.05, 0.1) is 11.4 Å². The third kappa shape index (κ3) is 2.51. The van der Waals surface area contributed by atoms with Gasteiger partial charge in [-0.25, -0.2) is 0 Å². The molecular weight excluding hydrogens is 228 g/mol. The standard InChI is InChI=1S/C13H16N4O/c1-8-4-10(6-11(14)5-8)13(18)15-12-7-17(3)16-9(12)2/h4-7H,14H2,1-3H3,(H,15,18). The van der Waals surface area contributed by atoms with Crippen LogP contribution in [0, 0.1) is 13.8 Å². The molecule has 0 aliphatic rings. The van der Waals surface area contributed by atoms with Crippen molar-refractivity contribution in [2.75, 3.05) is 11.1 Å². The van der Waals surface area contributed by atoms with Gasteiger partial charge in [-0.15, -0.1) is 0 Å². The number of aryl methyl sites for hydroxylation is 3. The lowest BCUT2D eigenvalue weighted by atomic mass is 10.1. The van der Waals surface area contributed by atoms with Gasteiger partial charge in [-0.05, 0) is 37.6 Å². The first-order chi connectivity index (χ1) is 8.45. The largest absolute Gasteiger partial charge is 0.399 e. The maximum atomic E-state index is 12.1. The van der Waals surface area contributed by atoms with Crippen LogP contribution in [0.15, 0.2) is 24.4 Å². The zero-order valence-corrected chi connectivity index (χ0v) is 10.7. The van der Waals surface area contributed by atoms with E-state index >= 15 is 0 Å². The number of carbonyl (C=O) groups excluding carboxylic acids is 1. The lowest BCUT2D eigenvalue weighted by Gasteiger charge is -2.05. The summed E-state index contributed by atoms with van der Waals surface area (Å²) >= 11 is 0. The summed E-state index contributed by atoms with van der Waals surface area (Å²) in [4.78, 5) is 12.1. The van der Waals surface area contributed by atoms with Crippen molar-refractivity contribution in [1.29, 1.82) is 0 Å². The third-order valence-electron chi connectivity index (χ3n) is 2.62. The monoisotopic (exact) mass is 244 g/mol. The van der Waals surface area contributed by atoms with Crippen molar-refractivity contribution in [3.05, 3.63) is 41.2 Å². The summed E-state index contributed by atoms with van der Waals surface area (Å²) in [7, 11) is 1.81. The van der Waals surface area contributed by atoms with E-state index in [0.717, 1.165) is 11.3 Å². The molecule has 0 saturated carbocycles. The molecule has 2 rings (SSSR count). The van der Waals surface area contributed by atoms with Gasteiger partial charge in [0.1, 0.15) is 0 Å². The van der Waals surface area contributed by atoms with Crippen molar-refractivity contribution < 1.29 is 4.79 Å². The van der Waals surface area contributed by atoms with Crippen LogP contribution in [0.4, 0.5) is 11.4 Å². The minimum Gasteiger partial charge on any atom is -0.399 e. The van der Waals surface area contributed by atoms with Gasteiger partial charge in [0.15, 0.2) is 0 Å². The van der Waals surface area contributed by atoms with E-state index in [4.69, 9.17) is 5.73 Å². The Morgan fingerprint density at radius 2 is 2.06 bits per heavy atom. The summed E-state index contributed by atoms with van der Waals surface area (Å²) in [6.45, 7) is 3.75. The molecule has 0 saturated heterocycles. The van der Waals surface area contributed by atoms with E-state index in [0.29, 0.717) is 16.9 Å². The highest BCUT2D eigenvalue weighted by Gasteiger charge is 2.10. The molecule has 5 heteroatoms. The maximum absolute atomic E-state index is 12.1. The number of aromatic nitrogens is 2. The fraction of sp³-hybridized carbons (Fsp3) is 0.231. The van der Waals surface area contributed by atoms with E-state index in [1.54, 1.807) is 23.0 Å². The van der Waals surface area contributed by atoms with Crippen LogP contribution in [-0.2, 0) is 7.05 Å². The normalized spacial score (nSPS) is 10.4. The van der Waals surface area contributed by atoms with E-state index in [1.807, 2.05) is 27.0 Å². The van der Waals surface area contributed by atoms with Crippen molar-refractivity contribution >= 4 is 17.3 Å². The number of nitrogens with two attached hydrogens (primary N) is 1. The van der Waals surface area contributed by atoms with E-state index in [2.05, 4.69) is 10.4 Å². The molecule has 0 fully saturated rings. The van der Waals surface area contributed by atoms with Crippen molar-refractivity contribution in [1.82, 2.24) is 9.78 Å². The smallest absolute Gasteiger partial charge is 0.255 e. The first kappa shape index (κ1) is 12.2. The van der Waals surface area contributed by atoms with E-state index < -0.39 is 0 Å². The van der Waals surface area contributed by atoms with Gasteiger partial charge in [0.2, 0.25) is 0 Å². The first-order valence-electron chi connectivity index (χ1n) is 5.64. The molecule has 1 amide bonds. The van der Waals surface area contributed by atoms with Crippen molar-refractivity contribution in [3.8, 4) is 0 Å². The van der Waals surface area contributed by atoms with Crippen LogP contribution >= 0.6 is 0 Å². The predicted molar refractivity (Wildman–Crippen MR) is 71.5 cm³/mol. The summed E-state index contributed by atoms with van der Waals surface area (Å²) in [6, 6.07) is 5.29. The molecule has 5 nitrogen and oxygen atoms in total. The maximum Gasteiger partial charge on any atom is 0.255 e. The summed E-state index contributed by atoms with van der Waals surface area (Å²) in [6.07, 6.45) is 1.77. The molecule has 1 heterocycles. The van der Waals surface area contributed by atoms with Gasteiger partial charge in [0, 0.05) is 24.5 Å². The molecule has 0 bridgehead atoms. The molecule has 1 aromatic carbocycles. The molecule has 0 aliphatic carbocycles. The van der Waals surface area contributed by atoms with Gasteiger partial charge in [-0.2, -0.15) is 5.10 Å². The van der Waals surface area contributed by atoms with Crippen molar-refractivity contribution in [3.63, 3.8) is 0 Å². The van der Waals surface area contributed by atoms with Gasteiger partial charge < -0.3 is 11.1 Å². The van der Waals surface area contributed by atoms with Crippen LogP contribution in [0.3, 0.4) is 0 Å². The van der Waals surface area contributed by atoms with Crippen molar-refractivity contribution in [2.45, 2.75) is 13.8 Å². The Labute approximate surface area is 106 Å². The second-order valence-electron chi connectivity index (χ2n) is 4.39. The summed E-state index contributed by atoms with van der Waals surface area (Å²) in [5.74, 6) is -0.179. The zero-order chi connectivity index (χ0) is 13.3. The molecule has 18 heavy (non-hydrogen) atoms. The highest BCUT2D eigenvalue weighted by atomic mass is 16.1. The van der Waals surface area contributed by atoms with Gasteiger partial charge >= 0.3 is 0 Å². The SMILES string of the molecule is Cc1cc(N)cc(C(=O)Nc2cn(C)nc2C)c1. The van der Waals surface area contributed by atoms with Crippen LogP contribution in [0.1, 0.15) is 21.6 Å². The number of nitrogen functional groups attached to an aromatic ring is 1. The fourth-order valence-corrected chi connectivity index (χ4v) is 1.86. The van der Waals surface area contributed by atoms with Gasteiger partial charge in [-0.1, -0.05) is 0 Å². The molecule has 0 unspecified atom stereocenters. The summed E-state index contributed by atoms with van der Waals surface area (Å²) < 4.78 is 1.66. The Morgan fingerprint density at radius 1 is 1.33 bits per heavy atom. The molecule has 0 radical (unpaired) electrons. The van der Waals surface area contributed by atoms with Crippen molar-refractivity contribution in [2.24, 2.45) is 7.05 Å². The third-order valence-corrected chi connectivity index (χ3v) is 2.62. The number of carbonyl (C=O) groups is 1. The average Bonchev–Trinajstić information content (AvgIpc) is 2.56. The van der Waals surface area contributed by atoms with E-state index in [-0.39, 0.29) is 5.91 Å². The van der Waals surface area contributed by atoms with Crippen LogP contribution in [0.2, 0.25) is 0 Å². The summed E-state index contributed by atoms with van der Waals surface area (Å²) in [5.41, 5.74) is 9.32. The minimum absolute atomic E-state index is 0.179. The Kier molecular flexibility index (Phi) is 3.06. The highest BCUT2D eigenvalue weighted by Crippen LogP contribution is 2.16. The second-order valence-corrected chi connectivity index (χ2v) is 4.39. The number of benzene rings is 1. The molecule has 3 N–H and O–H groups in total. The van der Waals surface area contributed by atoms with E-state index in [1.165, 1.54) is 0 Å². The Bertz CT molecular complexity index is 581. The van der Waals surface area contributed by atoms with Gasteiger partial charge in [-0.3, -0.25) is 9.48 Å². The molecular formula is C13H16N4O. The number of nitrogens with one attached hydrogen (secondary N) is 1. The Morgan fingerprint density at radius 3 is 2.61 bits per heavy atom.